The zero-order chi connectivity index (χ0) is 16.1. The van der Waals surface area contributed by atoms with Gasteiger partial charge in [0.1, 0.15) is 25.0 Å². The second kappa shape index (κ2) is 7.35. The van der Waals surface area contributed by atoms with E-state index in [1.54, 1.807) is 29.5 Å². The average Bonchev–Trinajstić information content (AvgIpc) is 3.08. The molecule has 0 aliphatic carbocycles. The van der Waals surface area contributed by atoms with Gasteiger partial charge in [0.05, 0.1) is 16.6 Å². The smallest absolute Gasteiger partial charge is 0.138 e. The fourth-order valence-electron chi connectivity index (χ4n) is 1.96. The topological polar surface area (TPSA) is 52.0 Å². The maximum absolute atomic E-state index is 5.99. The summed E-state index contributed by atoms with van der Waals surface area (Å²) in [5, 5.41) is 8.52. The molecule has 0 radical (unpaired) electrons. The number of ether oxygens (including phenoxy) is 1. The van der Waals surface area contributed by atoms with Crippen molar-refractivity contribution >= 4 is 23.2 Å². The first-order valence-corrected chi connectivity index (χ1v) is 7.70. The molecular weight excluding hydrogens is 335 g/mol. The number of hydrogen-bond donors (Lipinski definition) is 1. The van der Waals surface area contributed by atoms with Crippen molar-refractivity contribution in [1.82, 2.24) is 14.9 Å². The number of hydrogen-bond acceptors (Lipinski definition) is 4. The lowest BCUT2D eigenvalue weighted by molar-refractivity contribution is 0.306. The van der Waals surface area contributed by atoms with Crippen LogP contribution in [0.3, 0.4) is 0 Å². The van der Waals surface area contributed by atoms with Crippen molar-refractivity contribution in [3.05, 3.63) is 76.3 Å². The Kier molecular flexibility index (Phi) is 5.00. The van der Waals surface area contributed by atoms with Gasteiger partial charge in [-0.1, -0.05) is 41.4 Å². The van der Waals surface area contributed by atoms with Crippen LogP contribution in [0.25, 0.3) is 0 Å². The molecule has 0 saturated carbocycles. The Balaban J connectivity index is 1.53. The normalized spacial score (nSPS) is 10.5. The molecule has 0 spiro atoms. The molecule has 0 atom stereocenters. The number of aromatic nitrogens is 3. The quantitative estimate of drug-likeness (QED) is 0.733. The highest BCUT2D eigenvalue weighted by atomic mass is 35.5. The SMILES string of the molecule is Clc1ccc(COc2ccc(CNn3cnnc3)cc2)cc1Cl. The highest BCUT2D eigenvalue weighted by Gasteiger charge is 2.01. The van der Waals surface area contributed by atoms with Gasteiger partial charge in [-0.2, -0.15) is 0 Å². The molecule has 0 fully saturated rings. The number of rotatable bonds is 6. The summed E-state index contributed by atoms with van der Waals surface area (Å²) < 4.78 is 7.45. The first-order valence-electron chi connectivity index (χ1n) is 6.95. The Morgan fingerprint density at radius 3 is 2.30 bits per heavy atom. The third-order valence-corrected chi connectivity index (χ3v) is 3.94. The minimum Gasteiger partial charge on any atom is -0.489 e. The summed E-state index contributed by atoms with van der Waals surface area (Å²) in [6.45, 7) is 1.11. The lowest BCUT2D eigenvalue weighted by Crippen LogP contribution is -2.11. The standard InChI is InChI=1S/C16H14Cl2N4O/c17-15-6-3-13(7-16(15)18)9-23-14-4-1-12(2-5-14)8-21-22-10-19-20-11-22/h1-7,10-11,21H,8-9H2. The maximum Gasteiger partial charge on any atom is 0.138 e. The van der Waals surface area contributed by atoms with Gasteiger partial charge in [-0.15, -0.1) is 10.2 Å². The van der Waals surface area contributed by atoms with Crippen LogP contribution in [0.4, 0.5) is 0 Å². The van der Waals surface area contributed by atoms with E-state index in [4.69, 9.17) is 27.9 Å². The molecule has 5 nitrogen and oxygen atoms in total. The van der Waals surface area contributed by atoms with Crippen molar-refractivity contribution in [2.75, 3.05) is 5.43 Å². The minimum absolute atomic E-state index is 0.440. The molecule has 1 N–H and O–H groups in total. The van der Waals surface area contributed by atoms with Crippen LogP contribution in [-0.2, 0) is 13.2 Å². The summed E-state index contributed by atoms with van der Waals surface area (Å²) in [6, 6.07) is 13.3. The van der Waals surface area contributed by atoms with Crippen molar-refractivity contribution in [3.8, 4) is 5.75 Å². The van der Waals surface area contributed by atoms with E-state index in [0.717, 1.165) is 16.9 Å². The van der Waals surface area contributed by atoms with Crippen molar-refractivity contribution in [1.29, 1.82) is 0 Å². The second-order valence-corrected chi connectivity index (χ2v) is 5.70. The summed E-state index contributed by atoms with van der Waals surface area (Å²) in [7, 11) is 0. The molecule has 0 aliphatic rings. The number of halogens is 2. The van der Waals surface area contributed by atoms with Crippen LogP contribution in [0.2, 0.25) is 10.0 Å². The molecule has 1 aromatic heterocycles. The molecule has 7 heteroatoms. The van der Waals surface area contributed by atoms with Gasteiger partial charge in [0.15, 0.2) is 0 Å². The number of benzene rings is 2. The van der Waals surface area contributed by atoms with Crippen LogP contribution < -0.4 is 10.2 Å². The lowest BCUT2D eigenvalue weighted by atomic mass is 10.2. The van der Waals surface area contributed by atoms with E-state index in [2.05, 4.69) is 15.6 Å². The zero-order valence-corrected chi connectivity index (χ0v) is 13.6. The molecule has 0 aliphatic heterocycles. The summed E-state index contributed by atoms with van der Waals surface area (Å²) >= 11 is 11.9. The zero-order valence-electron chi connectivity index (χ0n) is 12.1. The highest BCUT2D eigenvalue weighted by molar-refractivity contribution is 6.42. The third kappa shape index (κ3) is 4.37. The van der Waals surface area contributed by atoms with Crippen molar-refractivity contribution in [3.63, 3.8) is 0 Å². The van der Waals surface area contributed by atoms with Crippen LogP contribution >= 0.6 is 23.2 Å². The molecule has 0 unspecified atom stereocenters. The molecule has 2 aromatic carbocycles. The Morgan fingerprint density at radius 2 is 1.61 bits per heavy atom. The van der Waals surface area contributed by atoms with Crippen molar-refractivity contribution < 1.29 is 4.74 Å². The van der Waals surface area contributed by atoms with Gasteiger partial charge < -0.3 is 10.2 Å². The molecular formula is C16H14Cl2N4O. The Bertz CT molecular complexity index is 760. The first kappa shape index (κ1) is 15.6. The van der Waals surface area contributed by atoms with E-state index < -0.39 is 0 Å². The maximum atomic E-state index is 5.99. The summed E-state index contributed by atoms with van der Waals surface area (Å²) in [6.07, 6.45) is 3.21. The molecule has 3 aromatic rings. The van der Waals surface area contributed by atoms with Crippen molar-refractivity contribution in [2.45, 2.75) is 13.2 Å². The third-order valence-electron chi connectivity index (χ3n) is 3.20. The first-order chi connectivity index (χ1) is 11.2. The number of nitrogens with one attached hydrogen (secondary N) is 1. The highest BCUT2D eigenvalue weighted by Crippen LogP contribution is 2.23. The monoisotopic (exact) mass is 348 g/mol. The fraction of sp³-hybridized carbons (Fsp3) is 0.125. The van der Waals surface area contributed by atoms with Crippen LogP contribution in [0.5, 0.6) is 5.75 Å². The van der Waals surface area contributed by atoms with Crippen LogP contribution in [0.1, 0.15) is 11.1 Å². The molecule has 3 rings (SSSR count). The Morgan fingerprint density at radius 1 is 0.913 bits per heavy atom. The average molecular weight is 349 g/mol. The van der Waals surface area contributed by atoms with Gasteiger partial charge in [0, 0.05) is 0 Å². The number of nitrogens with zero attached hydrogens (tertiary/aromatic N) is 3. The summed E-state index contributed by atoms with van der Waals surface area (Å²) in [5.41, 5.74) is 5.25. The van der Waals surface area contributed by atoms with E-state index in [1.807, 2.05) is 30.3 Å². The molecule has 23 heavy (non-hydrogen) atoms. The van der Waals surface area contributed by atoms with Crippen LogP contribution in [-0.4, -0.2) is 14.9 Å². The van der Waals surface area contributed by atoms with E-state index in [0.29, 0.717) is 23.2 Å². The molecule has 0 amide bonds. The second-order valence-electron chi connectivity index (χ2n) is 4.89. The van der Waals surface area contributed by atoms with Gasteiger partial charge in [-0.05, 0) is 35.4 Å². The van der Waals surface area contributed by atoms with E-state index in [1.165, 1.54) is 0 Å². The van der Waals surface area contributed by atoms with Crippen molar-refractivity contribution in [2.24, 2.45) is 0 Å². The molecule has 0 bridgehead atoms. The Labute approximate surface area is 143 Å². The van der Waals surface area contributed by atoms with E-state index >= 15 is 0 Å². The van der Waals surface area contributed by atoms with Crippen LogP contribution in [0, 0.1) is 0 Å². The van der Waals surface area contributed by atoms with Gasteiger partial charge in [-0.3, -0.25) is 0 Å². The minimum atomic E-state index is 0.440. The largest absolute Gasteiger partial charge is 0.489 e. The lowest BCUT2D eigenvalue weighted by Gasteiger charge is -2.09. The molecule has 0 saturated heterocycles. The molecule has 118 valence electrons. The fourth-order valence-corrected chi connectivity index (χ4v) is 2.29. The van der Waals surface area contributed by atoms with Gasteiger partial charge in [-0.25, -0.2) is 4.68 Å². The molecule has 1 heterocycles. The summed E-state index contributed by atoms with van der Waals surface area (Å²) in [4.78, 5) is 0. The van der Waals surface area contributed by atoms with Gasteiger partial charge in [0.2, 0.25) is 0 Å². The predicted molar refractivity (Wildman–Crippen MR) is 90.3 cm³/mol. The van der Waals surface area contributed by atoms with Crippen LogP contribution in [0.15, 0.2) is 55.1 Å². The predicted octanol–water partition coefficient (Wildman–Crippen LogP) is 3.91. The van der Waals surface area contributed by atoms with E-state index in [9.17, 15) is 0 Å². The Hall–Kier alpha value is -2.24. The summed E-state index contributed by atoms with van der Waals surface area (Å²) in [5.74, 6) is 0.795. The van der Waals surface area contributed by atoms with E-state index in [-0.39, 0.29) is 0 Å². The van der Waals surface area contributed by atoms with Gasteiger partial charge in [0.25, 0.3) is 0 Å². The van der Waals surface area contributed by atoms with Gasteiger partial charge >= 0.3 is 0 Å².